The molecule has 0 aromatic heterocycles. The van der Waals surface area contributed by atoms with Gasteiger partial charge in [-0.1, -0.05) is 0 Å². The lowest BCUT2D eigenvalue weighted by Gasteiger charge is -2.07. The fraction of sp³-hybridized carbons (Fsp3) is 0. The van der Waals surface area contributed by atoms with E-state index < -0.39 is 17.5 Å². The number of carbonyl (C=O) groups is 2. The van der Waals surface area contributed by atoms with Gasteiger partial charge in [-0.05, 0) is 30.3 Å². The molecule has 6 heteroatoms. The molecule has 0 heterocycles. The zero-order valence-electron chi connectivity index (χ0n) is 10.2. The molecule has 2 aromatic rings. The van der Waals surface area contributed by atoms with Crippen LogP contribution in [0.4, 0.5) is 5.69 Å². The molecule has 0 fully saturated rings. The molecule has 0 saturated heterocycles. The van der Waals surface area contributed by atoms with Gasteiger partial charge in [0.1, 0.15) is 11.5 Å². The Kier molecular flexibility index (Phi) is 3.30. The molecule has 20 heavy (non-hydrogen) atoms. The van der Waals surface area contributed by atoms with E-state index in [-0.39, 0.29) is 22.4 Å². The third kappa shape index (κ3) is 2.39. The highest BCUT2D eigenvalue weighted by molar-refractivity contribution is 6.12. The van der Waals surface area contributed by atoms with Gasteiger partial charge in [-0.15, -0.1) is 0 Å². The van der Waals surface area contributed by atoms with E-state index in [1.54, 1.807) is 0 Å². The summed E-state index contributed by atoms with van der Waals surface area (Å²) in [6.45, 7) is 0. The van der Waals surface area contributed by atoms with Gasteiger partial charge in [0.05, 0.1) is 16.7 Å². The van der Waals surface area contributed by atoms with Crippen LogP contribution in [0.2, 0.25) is 0 Å². The Morgan fingerprint density at radius 3 is 1.95 bits per heavy atom. The number of phenols is 2. The van der Waals surface area contributed by atoms with Crippen LogP contribution in [0, 0.1) is 0 Å². The zero-order chi connectivity index (χ0) is 14.9. The summed E-state index contributed by atoms with van der Waals surface area (Å²) in [7, 11) is 0. The van der Waals surface area contributed by atoms with Crippen LogP contribution in [0.5, 0.6) is 11.5 Å². The van der Waals surface area contributed by atoms with Gasteiger partial charge in [-0.25, -0.2) is 4.79 Å². The van der Waals surface area contributed by atoms with E-state index in [0.717, 1.165) is 6.07 Å². The van der Waals surface area contributed by atoms with Crippen LogP contribution in [0.25, 0.3) is 0 Å². The van der Waals surface area contributed by atoms with Crippen molar-refractivity contribution < 1.29 is 24.9 Å². The first-order chi connectivity index (χ1) is 9.40. The summed E-state index contributed by atoms with van der Waals surface area (Å²) in [5.41, 5.74) is 5.49. The smallest absolute Gasteiger partial charge is 0.335 e. The number of carbonyl (C=O) groups excluding carboxylic acids is 1. The van der Waals surface area contributed by atoms with Crippen LogP contribution < -0.4 is 5.73 Å². The second-order valence-electron chi connectivity index (χ2n) is 4.14. The van der Waals surface area contributed by atoms with Crippen LogP contribution in [0.15, 0.2) is 36.4 Å². The van der Waals surface area contributed by atoms with Gasteiger partial charge in [-0.2, -0.15) is 0 Å². The highest BCUT2D eigenvalue weighted by Crippen LogP contribution is 2.27. The van der Waals surface area contributed by atoms with E-state index in [4.69, 9.17) is 10.8 Å². The summed E-state index contributed by atoms with van der Waals surface area (Å²) in [5, 5.41) is 28.2. The van der Waals surface area contributed by atoms with E-state index in [2.05, 4.69) is 0 Å². The predicted octanol–water partition coefficient (Wildman–Crippen LogP) is 1.61. The van der Waals surface area contributed by atoms with Crippen molar-refractivity contribution in [1.82, 2.24) is 0 Å². The quantitative estimate of drug-likeness (QED) is 0.498. The molecule has 0 atom stereocenters. The maximum atomic E-state index is 12.2. The number of phenolic OH excluding ortho intramolecular Hbond substituents is 2. The number of nitrogens with two attached hydrogens (primary N) is 1. The third-order valence-corrected chi connectivity index (χ3v) is 2.76. The average molecular weight is 273 g/mol. The van der Waals surface area contributed by atoms with E-state index in [1.165, 1.54) is 30.3 Å². The normalized spacial score (nSPS) is 10.2. The fourth-order valence-electron chi connectivity index (χ4n) is 1.74. The molecular formula is C14H11NO5. The van der Waals surface area contributed by atoms with Gasteiger partial charge >= 0.3 is 5.97 Å². The molecule has 0 saturated carbocycles. The van der Waals surface area contributed by atoms with E-state index >= 15 is 0 Å². The molecule has 0 aliphatic heterocycles. The highest BCUT2D eigenvalue weighted by atomic mass is 16.4. The lowest BCUT2D eigenvalue weighted by Crippen LogP contribution is -2.04. The Morgan fingerprint density at radius 1 is 0.900 bits per heavy atom. The second kappa shape index (κ2) is 4.93. The topological polar surface area (TPSA) is 121 Å². The molecular weight excluding hydrogens is 262 g/mol. The van der Waals surface area contributed by atoms with E-state index in [1.807, 2.05) is 0 Å². The van der Waals surface area contributed by atoms with Gasteiger partial charge in [0, 0.05) is 11.8 Å². The summed E-state index contributed by atoms with van der Waals surface area (Å²) in [5.74, 6) is -2.62. The monoisotopic (exact) mass is 273 g/mol. The summed E-state index contributed by atoms with van der Waals surface area (Å²) in [6.07, 6.45) is 0. The molecule has 0 radical (unpaired) electrons. The Morgan fingerprint density at radius 2 is 1.45 bits per heavy atom. The van der Waals surface area contributed by atoms with E-state index in [9.17, 15) is 19.8 Å². The first kappa shape index (κ1) is 13.4. The third-order valence-electron chi connectivity index (χ3n) is 2.76. The number of carboxylic acids is 1. The number of benzene rings is 2. The van der Waals surface area contributed by atoms with Crippen LogP contribution in [0.1, 0.15) is 26.3 Å². The standard InChI is InChI=1S/C14H11NO5/c15-8-2-4-10(12(17)6-8)13(18)9-3-1-7(14(19)20)5-11(9)16/h1-6,16-17H,15H2,(H,19,20). The van der Waals surface area contributed by atoms with Gasteiger partial charge in [0.15, 0.2) is 5.78 Å². The molecule has 0 aliphatic rings. The van der Waals surface area contributed by atoms with Gasteiger partial charge < -0.3 is 21.1 Å². The lowest BCUT2D eigenvalue weighted by molar-refractivity contribution is 0.0696. The number of ketones is 1. The maximum absolute atomic E-state index is 12.2. The van der Waals surface area contributed by atoms with Crippen LogP contribution in [0.3, 0.4) is 0 Å². The number of nitrogen functional groups attached to an aromatic ring is 1. The van der Waals surface area contributed by atoms with Gasteiger partial charge in [0.25, 0.3) is 0 Å². The summed E-state index contributed by atoms with van der Waals surface area (Å²) >= 11 is 0. The number of aromatic carboxylic acids is 1. The van der Waals surface area contributed by atoms with Gasteiger partial charge in [-0.3, -0.25) is 4.79 Å². The lowest BCUT2D eigenvalue weighted by atomic mass is 10.00. The maximum Gasteiger partial charge on any atom is 0.335 e. The number of carboxylic acid groups (broad SMARTS) is 1. The molecule has 5 N–H and O–H groups in total. The van der Waals surface area contributed by atoms with Crippen molar-refractivity contribution in [3.8, 4) is 11.5 Å². The van der Waals surface area contributed by atoms with Crippen molar-refractivity contribution in [3.05, 3.63) is 53.1 Å². The minimum absolute atomic E-state index is 0.0300. The Balaban J connectivity index is 2.46. The first-order valence-electron chi connectivity index (χ1n) is 5.59. The Labute approximate surface area is 113 Å². The van der Waals surface area contributed by atoms with Crippen LogP contribution >= 0.6 is 0 Å². The number of hydrogen-bond acceptors (Lipinski definition) is 5. The van der Waals surface area contributed by atoms with Crippen molar-refractivity contribution in [1.29, 1.82) is 0 Å². The summed E-state index contributed by atoms with van der Waals surface area (Å²) < 4.78 is 0. The minimum Gasteiger partial charge on any atom is -0.507 e. The molecule has 0 bridgehead atoms. The SMILES string of the molecule is Nc1ccc(C(=O)c2ccc(C(=O)O)cc2O)c(O)c1. The average Bonchev–Trinajstić information content (AvgIpc) is 2.37. The molecule has 2 rings (SSSR count). The summed E-state index contributed by atoms with van der Waals surface area (Å²) in [6, 6.07) is 7.35. The number of anilines is 1. The molecule has 0 unspecified atom stereocenters. The number of hydrogen-bond donors (Lipinski definition) is 4. The number of aromatic hydroxyl groups is 2. The minimum atomic E-state index is -1.21. The fourth-order valence-corrected chi connectivity index (χ4v) is 1.74. The molecule has 2 aromatic carbocycles. The van der Waals surface area contributed by atoms with Crippen molar-refractivity contribution in [2.24, 2.45) is 0 Å². The highest BCUT2D eigenvalue weighted by Gasteiger charge is 2.18. The summed E-state index contributed by atoms with van der Waals surface area (Å²) in [4.78, 5) is 22.9. The Hall–Kier alpha value is -3.02. The Bertz CT molecular complexity index is 709. The largest absolute Gasteiger partial charge is 0.507 e. The zero-order valence-corrected chi connectivity index (χ0v) is 10.2. The van der Waals surface area contributed by atoms with Crippen molar-refractivity contribution >= 4 is 17.4 Å². The second-order valence-corrected chi connectivity index (χ2v) is 4.14. The molecule has 102 valence electrons. The van der Waals surface area contributed by atoms with Crippen molar-refractivity contribution in [3.63, 3.8) is 0 Å². The van der Waals surface area contributed by atoms with Crippen molar-refractivity contribution in [2.75, 3.05) is 5.73 Å². The predicted molar refractivity (Wildman–Crippen MR) is 71.0 cm³/mol. The number of rotatable bonds is 3. The van der Waals surface area contributed by atoms with Crippen LogP contribution in [-0.4, -0.2) is 27.1 Å². The van der Waals surface area contributed by atoms with Crippen molar-refractivity contribution in [2.45, 2.75) is 0 Å². The first-order valence-corrected chi connectivity index (χ1v) is 5.59. The van der Waals surface area contributed by atoms with Gasteiger partial charge in [0.2, 0.25) is 0 Å². The molecule has 6 nitrogen and oxygen atoms in total. The van der Waals surface area contributed by atoms with E-state index in [0.29, 0.717) is 5.69 Å². The molecule has 0 aliphatic carbocycles. The molecule has 0 spiro atoms. The molecule has 0 amide bonds. The van der Waals surface area contributed by atoms with Crippen LogP contribution in [-0.2, 0) is 0 Å².